The Balaban J connectivity index is 2.08. The van der Waals surface area contributed by atoms with Crippen LogP contribution < -0.4 is 11.5 Å². The number of primary amides is 1. The Hall–Kier alpha value is -3.03. The van der Waals surface area contributed by atoms with E-state index in [-0.39, 0.29) is 29.0 Å². The fraction of sp³-hybridized carbons (Fsp3) is 0.421. The van der Waals surface area contributed by atoms with Gasteiger partial charge < -0.3 is 21.5 Å². The first kappa shape index (κ1) is 18.8. The topological polar surface area (TPSA) is 127 Å². The zero-order valence-corrected chi connectivity index (χ0v) is 15.8. The summed E-state index contributed by atoms with van der Waals surface area (Å²) < 4.78 is 1.50. The van der Waals surface area contributed by atoms with Crippen molar-refractivity contribution >= 4 is 17.6 Å². The van der Waals surface area contributed by atoms with Crippen molar-refractivity contribution in [3.05, 3.63) is 34.5 Å². The van der Waals surface area contributed by atoms with Crippen molar-refractivity contribution in [2.75, 3.05) is 18.8 Å². The minimum Gasteiger partial charge on any atom is -0.508 e. The minimum absolute atomic E-state index is 0.00966. The maximum absolute atomic E-state index is 12.1. The van der Waals surface area contributed by atoms with Gasteiger partial charge in [0.15, 0.2) is 0 Å². The summed E-state index contributed by atoms with van der Waals surface area (Å²) in [5.41, 5.74) is 14.8. The van der Waals surface area contributed by atoms with E-state index in [0.29, 0.717) is 42.9 Å². The summed E-state index contributed by atoms with van der Waals surface area (Å²) >= 11 is 0. The number of piperidine rings is 1. The lowest BCUT2D eigenvalue weighted by atomic mass is 9.91. The molecule has 0 unspecified atom stereocenters. The summed E-state index contributed by atoms with van der Waals surface area (Å²) in [6.07, 6.45) is 1.38. The summed E-state index contributed by atoms with van der Waals surface area (Å²) in [6, 6.07) is 3.38. The third kappa shape index (κ3) is 3.22. The summed E-state index contributed by atoms with van der Waals surface area (Å²) in [7, 11) is 0. The van der Waals surface area contributed by atoms with E-state index >= 15 is 0 Å². The zero-order chi connectivity index (χ0) is 19.9. The predicted octanol–water partition coefficient (Wildman–Crippen LogP) is 1.60. The quantitative estimate of drug-likeness (QED) is 0.755. The largest absolute Gasteiger partial charge is 0.508 e. The maximum atomic E-state index is 12.1. The molecule has 0 radical (unpaired) electrons. The number of aromatic nitrogens is 2. The van der Waals surface area contributed by atoms with Gasteiger partial charge in [-0.15, -0.1) is 0 Å². The first-order valence-corrected chi connectivity index (χ1v) is 8.95. The van der Waals surface area contributed by atoms with Gasteiger partial charge in [0.2, 0.25) is 5.91 Å². The van der Waals surface area contributed by atoms with Crippen LogP contribution in [0.5, 0.6) is 5.75 Å². The average molecular weight is 371 g/mol. The molecule has 0 aliphatic carbocycles. The molecular weight excluding hydrogens is 346 g/mol. The Labute approximate surface area is 157 Å². The van der Waals surface area contributed by atoms with Crippen LogP contribution in [0.2, 0.25) is 0 Å². The molecule has 1 saturated heterocycles. The molecule has 27 heavy (non-hydrogen) atoms. The number of benzene rings is 1. The highest BCUT2D eigenvalue weighted by Crippen LogP contribution is 2.35. The van der Waals surface area contributed by atoms with Gasteiger partial charge in [0.1, 0.15) is 17.1 Å². The number of nitrogen functional groups attached to an aromatic ring is 1. The second-order valence-corrected chi connectivity index (χ2v) is 7.08. The van der Waals surface area contributed by atoms with Crippen LogP contribution in [0.4, 0.5) is 5.82 Å². The van der Waals surface area contributed by atoms with E-state index < -0.39 is 5.91 Å². The van der Waals surface area contributed by atoms with Crippen LogP contribution in [0, 0.1) is 13.8 Å². The van der Waals surface area contributed by atoms with Gasteiger partial charge in [-0.1, -0.05) is 6.07 Å². The standard InChI is InChI=1S/C19H25N5O3/c1-10-4-5-14(26)11(2)17(10)24-18(20)15(19(21)27)16(22-24)13-6-8-23(9-7-13)12(3)25/h4-5,13,26H,6-9,20H2,1-3H3,(H2,21,27). The van der Waals surface area contributed by atoms with Gasteiger partial charge in [0.05, 0.1) is 11.4 Å². The van der Waals surface area contributed by atoms with Gasteiger partial charge in [-0.3, -0.25) is 9.59 Å². The summed E-state index contributed by atoms with van der Waals surface area (Å²) in [5.74, 6) is -0.298. The fourth-order valence-electron chi connectivity index (χ4n) is 3.78. The molecule has 1 aromatic heterocycles. The lowest BCUT2D eigenvalue weighted by Gasteiger charge is -2.30. The molecule has 5 N–H and O–H groups in total. The van der Waals surface area contributed by atoms with E-state index in [9.17, 15) is 14.7 Å². The second kappa shape index (κ2) is 6.94. The molecule has 2 heterocycles. The number of aromatic hydroxyl groups is 1. The number of phenols is 1. The Bertz CT molecular complexity index is 911. The van der Waals surface area contributed by atoms with Crippen molar-refractivity contribution in [2.45, 2.75) is 39.5 Å². The van der Waals surface area contributed by atoms with Crippen molar-refractivity contribution in [1.82, 2.24) is 14.7 Å². The van der Waals surface area contributed by atoms with Gasteiger partial charge in [-0.05, 0) is 38.3 Å². The molecule has 3 rings (SSSR count). The lowest BCUT2D eigenvalue weighted by molar-refractivity contribution is -0.129. The van der Waals surface area contributed by atoms with Crippen molar-refractivity contribution in [3.63, 3.8) is 0 Å². The van der Waals surface area contributed by atoms with E-state index in [4.69, 9.17) is 11.5 Å². The Morgan fingerprint density at radius 2 is 1.85 bits per heavy atom. The van der Waals surface area contributed by atoms with E-state index in [1.165, 1.54) is 4.68 Å². The first-order valence-electron chi connectivity index (χ1n) is 8.95. The van der Waals surface area contributed by atoms with Gasteiger partial charge in [0, 0.05) is 31.5 Å². The maximum Gasteiger partial charge on any atom is 0.254 e. The predicted molar refractivity (Wildman–Crippen MR) is 102 cm³/mol. The van der Waals surface area contributed by atoms with Crippen molar-refractivity contribution in [3.8, 4) is 11.4 Å². The number of hydrogen-bond donors (Lipinski definition) is 3. The highest BCUT2D eigenvalue weighted by Gasteiger charge is 2.31. The van der Waals surface area contributed by atoms with Gasteiger partial charge in [-0.2, -0.15) is 5.10 Å². The first-order chi connectivity index (χ1) is 12.7. The SMILES string of the molecule is CC(=O)N1CCC(c2nn(-c3c(C)ccc(O)c3C)c(N)c2C(N)=O)CC1. The normalized spacial score (nSPS) is 15.1. The fourth-order valence-corrected chi connectivity index (χ4v) is 3.78. The highest BCUT2D eigenvalue weighted by molar-refractivity contribution is 5.99. The highest BCUT2D eigenvalue weighted by atomic mass is 16.3. The minimum atomic E-state index is -0.627. The number of carbonyl (C=O) groups is 2. The molecular formula is C19H25N5O3. The van der Waals surface area contributed by atoms with E-state index in [1.54, 1.807) is 30.9 Å². The number of phenolic OH excluding ortho intramolecular Hbond substituents is 1. The molecule has 1 aliphatic heterocycles. The number of amides is 2. The molecule has 0 atom stereocenters. The summed E-state index contributed by atoms with van der Waals surface area (Å²) in [6.45, 7) is 6.42. The molecule has 1 aromatic carbocycles. The number of nitrogens with zero attached hydrogens (tertiary/aromatic N) is 3. The molecule has 1 fully saturated rings. The second-order valence-electron chi connectivity index (χ2n) is 7.08. The monoisotopic (exact) mass is 371 g/mol. The zero-order valence-electron chi connectivity index (χ0n) is 15.8. The van der Waals surface area contributed by atoms with Crippen LogP contribution in [0.15, 0.2) is 12.1 Å². The van der Waals surface area contributed by atoms with E-state index in [0.717, 1.165) is 5.56 Å². The van der Waals surface area contributed by atoms with Crippen molar-refractivity contribution in [1.29, 1.82) is 0 Å². The number of nitrogens with two attached hydrogens (primary N) is 2. The molecule has 1 aliphatic rings. The van der Waals surface area contributed by atoms with Crippen LogP contribution in [-0.2, 0) is 4.79 Å². The van der Waals surface area contributed by atoms with Crippen LogP contribution in [-0.4, -0.2) is 44.7 Å². The molecule has 0 bridgehead atoms. The van der Waals surface area contributed by atoms with E-state index in [2.05, 4.69) is 5.10 Å². The van der Waals surface area contributed by atoms with Crippen molar-refractivity contribution < 1.29 is 14.7 Å². The summed E-state index contributed by atoms with van der Waals surface area (Å²) in [4.78, 5) is 25.5. The van der Waals surface area contributed by atoms with Crippen LogP contribution in [0.25, 0.3) is 5.69 Å². The number of rotatable bonds is 3. The number of aryl methyl sites for hydroxylation is 1. The van der Waals surface area contributed by atoms with Crippen LogP contribution in [0.1, 0.15) is 52.9 Å². The molecule has 0 saturated carbocycles. The number of hydrogen-bond acceptors (Lipinski definition) is 5. The number of carbonyl (C=O) groups excluding carboxylic acids is 2. The molecule has 0 spiro atoms. The van der Waals surface area contributed by atoms with Gasteiger partial charge >= 0.3 is 0 Å². The molecule has 144 valence electrons. The number of anilines is 1. The average Bonchev–Trinajstić information content (AvgIpc) is 2.96. The molecule has 2 amide bonds. The lowest BCUT2D eigenvalue weighted by Crippen LogP contribution is -2.36. The molecule has 8 nitrogen and oxygen atoms in total. The third-order valence-corrected chi connectivity index (χ3v) is 5.34. The van der Waals surface area contributed by atoms with E-state index in [1.807, 2.05) is 6.92 Å². The Morgan fingerprint density at radius 1 is 1.22 bits per heavy atom. The van der Waals surface area contributed by atoms with Crippen LogP contribution in [0.3, 0.4) is 0 Å². The Morgan fingerprint density at radius 3 is 2.41 bits per heavy atom. The van der Waals surface area contributed by atoms with Crippen molar-refractivity contribution in [2.24, 2.45) is 5.73 Å². The third-order valence-electron chi connectivity index (χ3n) is 5.34. The smallest absolute Gasteiger partial charge is 0.254 e. The molecule has 8 heteroatoms. The van der Waals surface area contributed by atoms with Crippen LogP contribution >= 0.6 is 0 Å². The summed E-state index contributed by atoms with van der Waals surface area (Å²) in [5, 5.41) is 14.7. The Kier molecular flexibility index (Phi) is 4.82. The van der Waals surface area contributed by atoms with Gasteiger partial charge in [0.25, 0.3) is 5.91 Å². The van der Waals surface area contributed by atoms with Gasteiger partial charge in [-0.25, -0.2) is 4.68 Å². The molecule has 2 aromatic rings. The number of likely N-dealkylation sites (tertiary alicyclic amines) is 1.